The lowest BCUT2D eigenvalue weighted by Gasteiger charge is -2.36. The lowest BCUT2D eigenvalue weighted by Crippen LogP contribution is -2.43. The zero-order valence-electron chi connectivity index (χ0n) is 11.1. The normalized spacial score (nSPS) is 23.8. The van der Waals surface area contributed by atoms with Gasteiger partial charge in [0.25, 0.3) is 0 Å². The Morgan fingerprint density at radius 1 is 1.11 bits per heavy atom. The molecule has 0 N–H and O–H groups in total. The van der Waals surface area contributed by atoms with Gasteiger partial charge in [-0.05, 0) is 44.0 Å². The molecule has 0 unspecified atom stereocenters. The molecular weight excluding hydrogens is 228 g/mol. The predicted molar refractivity (Wildman–Crippen MR) is 67.9 cm³/mol. The number of hydrogen-bond donors (Lipinski definition) is 0. The summed E-state index contributed by atoms with van der Waals surface area (Å²) in [6, 6.07) is 0.818. The summed E-state index contributed by atoms with van der Waals surface area (Å²) < 4.78 is 0. The average Bonchev–Trinajstić information content (AvgIpc) is 3.02. The number of hydrogen-bond acceptors (Lipinski definition) is 5. The predicted octanol–water partition coefficient (Wildman–Crippen LogP) is 0.270. The van der Waals surface area contributed by atoms with Crippen molar-refractivity contribution in [2.75, 3.05) is 26.2 Å². The van der Waals surface area contributed by atoms with Gasteiger partial charge in [-0.15, -0.1) is 10.2 Å². The molecule has 2 aliphatic heterocycles. The Bertz CT molecular complexity index is 376. The minimum absolute atomic E-state index is 0.818. The molecule has 3 heterocycles. The van der Waals surface area contributed by atoms with Crippen LogP contribution in [0.15, 0.2) is 0 Å². The van der Waals surface area contributed by atoms with Crippen LogP contribution >= 0.6 is 0 Å². The Balaban J connectivity index is 1.47. The molecule has 0 radical (unpaired) electrons. The standard InChI is InChI=1S/C12H22N6/c1-16-14-12(13-15-16)10-17-8-4-11(5-9-17)18-6-2-3-7-18/h11H,2-10H2,1H3. The second-order valence-electron chi connectivity index (χ2n) is 5.45. The van der Waals surface area contributed by atoms with Crippen LogP contribution in [0.4, 0.5) is 0 Å². The van der Waals surface area contributed by atoms with Crippen molar-refractivity contribution >= 4 is 0 Å². The van der Waals surface area contributed by atoms with Crippen LogP contribution in [0.25, 0.3) is 0 Å². The number of tetrazole rings is 1. The van der Waals surface area contributed by atoms with E-state index in [1.165, 1.54) is 56.7 Å². The van der Waals surface area contributed by atoms with E-state index >= 15 is 0 Å². The van der Waals surface area contributed by atoms with Crippen molar-refractivity contribution in [2.24, 2.45) is 7.05 Å². The van der Waals surface area contributed by atoms with Crippen molar-refractivity contribution < 1.29 is 0 Å². The van der Waals surface area contributed by atoms with Crippen molar-refractivity contribution in [1.29, 1.82) is 0 Å². The van der Waals surface area contributed by atoms with E-state index < -0.39 is 0 Å². The first-order valence-corrected chi connectivity index (χ1v) is 7.00. The number of nitrogens with zero attached hydrogens (tertiary/aromatic N) is 6. The topological polar surface area (TPSA) is 50.1 Å². The summed E-state index contributed by atoms with van der Waals surface area (Å²) in [6.07, 6.45) is 5.37. The van der Waals surface area contributed by atoms with E-state index in [0.717, 1.165) is 18.4 Å². The molecule has 18 heavy (non-hydrogen) atoms. The maximum atomic E-state index is 4.24. The molecule has 0 amide bonds. The first kappa shape index (κ1) is 12.0. The summed E-state index contributed by atoms with van der Waals surface area (Å²) in [5.41, 5.74) is 0. The highest BCUT2D eigenvalue weighted by Gasteiger charge is 2.26. The SMILES string of the molecule is Cn1nnc(CN2CCC(N3CCCC3)CC2)n1. The van der Waals surface area contributed by atoms with E-state index in [9.17, 15) is 0 Å². The molecule has 6 heteroatoms. The van der Waals surface area contributed by atoms with E-state index in [4.69, 9.17) is 0 Å². The highest BCUT2D eigenvalue weighted by atomic mass is 15.6. The quantitative estimate of drug-likeness (QED) is 0.771. The van der Waals surface area contributed by atoms with E-state index in [-0.39, 0.29) is 0 Å². The molecule has 0 bridgehead atoms. The zero-order valence-corrected chi connectivity index (χ0v) is 11.1. The Morgan fingerprint density at radius 2 is 1.83 bits per heavy atom. The van der Waals surface area contributed by atoms with Crippen LogP contribution in [0.2, 0.25) is 0 Å². The van der Waals surface area contributed by atoms with Crippen LogP contribution in [-0.4, -0.2) is 62.2 Å². The van der Waals surface area contributed by atoms with Crippen LogP contribution < -0.4 is 0 Å². The van der Waals surface area contributed by atoms with Gasteiger partial charge in [0.1, 0.15) is 0 Å². The third-order valence-corrected chi connectivity index (χ3v) is 4.13. The average molecular weight is 250 g/mol. The smallest absolute Gasteiger partial charge is 0.188 e. The number of aryl methyl sites for hydroxylation is 1. The Kier molecular flexibility index (Phi) is 3.56. The molecule has 2 saturated heterocycles. The summed E-state index contributed by atoms with van der Waals surface area (Å²) in [4.78, 5) is 6.66. The number of piperidine rings is 1. The van der Waals surface area contributed by atoms with Crippen molar-refractivity contribution in [3.05, 3.63) is 5.82 Å². The van der Waals surface area contributed by atoms with Gasteiger partial charge in [-0.2, -0.15) is 4.80 Å². The van der Waals surface area contributed by atoms with Crippen molar-refractivity contribution in [1.82, 2.24) is 30.0 Å². The van der Waals surface area contributed by atoms with E-state index in [2.05, 4.69) is 25.2 Å². The molecule has 6 nitrogen and oxygen atoms in total. The molecule has 2 fully saturated rings. The summed E-state index contributed by atoms with van der Waals surface area (Å²) in [5.74, 6) is 0.845. The summed E-state index contributed by atoms with van der Waals surface area (Å²) in [7, 11) is 1.82. The second-order valence-corrected chi connectivity index (χ2v) is 5.45. The van der Waals surface area contributed by atoms with Crippen LogP contribution in [0.5, 0.6) is 0 Å². The van der Waals surface area contributed by atoms with Gasteiger partial charge >= 0.3 is 0 Å². The van der Waals surface area contributed by atoms with Gasteiger partial charge in [-0.3, -0.25) is 4.90 Å². The molecule has 1 aromatic rings. The molecular formula is C12H22N6. The first-order valence-electron chi connectivity index (χ1n) is 7.00. The summed E-state index contributed by atoms with van der Waals surface area (Å²) in [5, 5.41) is 12.2. The number of rotatable bonds is 3. The largest absolute Gasteiger partial charge is 0.300 e. The maximum Gasteiger partial charge on any atom is 0.188 e. The fraction of sp³-hybridized carbons (Fsp3) is 0.917. The lowest BCUT2D eigenvalue weighted by molar-refractivity contribution is 0.121. The summed E-state index contributed by atoms with van der Waals surface area (Å²) in [6.45, 7) is 5.81. The van der Waals surface area contributed by atoms with Crippen molar-refractivity contribution in [2.45, 2.75) is 38.3 Å². The minimum atomic E-state index is 0.818. The third kappa shape index (κ3) is 2.70. The van der Waals surface area contributed by atoms with E-state index in [1.54, 1.807) is 0 Å². The van der Waals surface area contributed by atoms with Gasteiger partial charge in [-0.1, -0.05) is 0 Å². The minimum Gasteiger partial charge on any atom is -0.300 e. The molecule has 0 saturated carbocycles. The fourth-order valence-electron chi connectivity index (χ4n) is 3.14. The maximum absolute atomic E-state index is 4.24. The van der Waals surface area contributed by atoms with Crippen molar-refractivity contribution in [3.63, 3.8) is 0 Å². The molecule has 0 aromatic carbocycles. The Hall–Kier alpha value is -1.01. The van der Waals surface area contributed by atoms with Crippen molar-refractivity contribution in [3.8, 4) is 0 Å². The molecule has 100 valence electrons. The highest BCUT2D eigenvalue weighted by molar-refractivity contribution is 4.85. The van der Waals surface area contributed by atoms with E-state index in [1.807, 2.05) is 7.05 Å². The number of aromatic nitrogens is 4. The van der Waals surface area contributed by atoms with Crippen LogP contribution in [0, 0.1) is 0 Å². The van der Waals surface area contributed by atoms with Gasteiger partial charge in [0.15, 0.2) is 5.82 Å². The van der Waals surface area contributed by atoms with Gasteiger partial charge in [0, 0.05) is 19.1 Å². The molecule has 1 aromatic heterocycles. The third-order valence-electron chi connectivity index (χ3n) is 4.13. The van der Waals surface area contributed by atoms with Gasteiger partial charge in [0.05, 0.1) is 13.6 Å². The molecule has 0 atom stereocenters. The Morgan fingerprint density at radius 3 is 2.44 bits per heavy atom. The van der Waals surface area contributed by atoms with E-state index in [0.29, 0.717) is 0 Å². The molecule has 2 aliphatic rings. The van der Waals surface area contributed by atoms with Gasteiger partial charge in [-0.25, -0.2) is 0 Å². The Labute approximate surface area is 108 Å². The number of likely N-dealkylation sites (tertiary alicyclic amines) is 2. The first-order chi connectivity index (χ1) is 8.81. The van der Waals surface area contributed by atoms with Gasteiger partial charge in [0.2, 0.25) is 0 Å². The molecule has 3 rings (SSSR count). The highest BCUT2D eigenvalue weighted by Crippen LogP contribution is 2.21. The second kappa shape index (κ2) is 5.32. The molecule has 0 aliphatic carbocycles. The lowest BCUT2D eigenvalue weighted by atomic mass is 10.0. The summed E-state index contributed by atoms with van der Waals surface area (Å²) >= 11 is 0. The zero-order chi connectivity index (χ0) is 12.4. The van der Waals surface area contributed by atoms with Crippen LogP contribution in [0.1, 0.15) is 31.5 Å². The molecule has 0 spiro atoms. The van der Waals surface area contributed by atoms with Gasteiger partial charge < -0.3 is 4.90 Å². The fourth-order valence-corrected chi connectivity index (χ4v) is 3.14. The van der Waals surface area contributed by atoms with Crippen LogP contribution in [-0.2, 0) is 13.6 Å². The van der Waals surface area contributed by atoms with Crippen LogP contribution in [0.3, 0.4) is 0 Å². The monoisotopic (exact) mass is 250 g/mol.